The van der Waals surface area contributed by atoms with Crippen LogP contribution in [0.2, 0.25) is 0 Å². The van der Waals surface area contributed by atoms with Crippen LogP contribution in [-0.2, 0) is 10.8 Å². The number of nitrogens with zero attached hydrogens (tertiary/aromatic N) is 2. The van der Waals surface area contributed by atoms with Crippen LogP contribution in [0.4, 0.5) is 32.8 Å². The summed E-state index contributed by atoms with van der Waals surface area (Å²) in [5.41, 5.74) is 17.3. The Balaban J connectivity index is 1.34. The lowest BCUT2D eigenvalue weighted by molar-refractivity contribution is 0.173. The van der Waals surface area contributed by atoms with Gasteiger partial charge in [0, 0.05) is 31.9 Å². The monoisotopic (exact) mass is 830 g/mol. The first-order valence-electron chi connectivity index (χ1n) is 21.2. The molecule has 0 spiro atoms. The highest BCUT2D eigenvalue weighted by atomic mass is 32.1. The minimum atomic E-state index is -0.0223. The van der Waals surface area contributed by atoms with Gasteiger partial charge >= 0.3 is 0 Å². The molecule has 0 amide bonds. The molecule has 0 unspecified atom stereocenters. The van der Waals surface area contributed by atoms with Crippen molar-refractivity contribution in [3.05, 3.63) is 99.6 Å². The summed E-state index contributed by atoms with van der Waals surface area (Å²) >= 11 is 3.84. The van der Waals surface area contributed by atoms with Gasteiger partial charge in [-0.15, -0.1) is 22.7 Å². The zero-order chi connectivity index (χ0) is 41.9. The van der Waals surface area contributed by atoms with E-state index in [4.69, 9.17) is 18.9 Å². The summed E-state index contributed by atoms with van der Waals surface area (Å²) in [4.78, 5) is 5.20. The second-order valence-electron chi connectivity index (χ2n) is 19.6. The molecule has 0 saturated carbocycles. The van der Waals surface area contributed by atoms with Crippen molar-refractivity contribution in [2.24, 2.45) is 0 Å². The zero-order valence-corrected chi connectivity index (χ0v) is 38.3. The smallest absolute Gasteiger partial charge is 0.256 e. The SMILES string of the molecule is Cc1cc2c(c(C)c1N1c3cc(C(C)C)cc4c3B(c3c1sc1ccc(C(C)(C)C)cc31)c1c(sc3ccc(C(C)(C)C)cc13)N4c1c(C)cc3c(c1C)OCO3)OCO2. The Kier molecular flexibility index (Phi) is 8.02. The van der Waals surface area contributed by atoms with E-state index in [9.17, 15) is 0 Å². The minimum Gasteiger partial charge on any atom is -0.454 e. The lowest BCUT2D eigenvalue weighted by Crippen LogP contribution is -2.60. The highest BCUT2D eigenvalue weighted by Crippen LogP contribution is 2.56. The van der Waals surface area contributed by atoms with Crippen molar-refractivity contribution in [1.29, 1.82) is 0 Å². The number of hydrogen-bond donors (Lipinski definition) is 0. The maximum absolute atomic E-state index is 6.23. The average molecular weight is 831 g/mol. The van der Waals surface area contributed by atoms with Gasteiger partial charge in [-0.1, -0.05) is 79.7 Å². The molecular formula is C51H51BN2O4S2. The number of ether oxygens (including phenoxy) is 4. The van der Waals surface area contributed by atoms with Gasteiger partial charge in [0.2, 0.25) is 13.6 Å². The van der Waals surface area contributed by atoms with Crippen molar-refractivity contribution >= 4 is 98.7 Å². The Morgan fingerprint density at radius 3 is 1.40 bits per heavy atom. The van der Waals surface area contributed by atoms with Gasteiger partial charge in [0.1, 0.15) is 0 Å². The number of hydrogen-bond acceptors (Lipinski definition) is 8. The van der Waals surface area contributed by atoms with Crippen molar-refractivity contribution in [1.82, 2.24) is 0 Å². The Bertz CT molecular complexity index is 2820. The fourth-order valence-electron chi connectivity index (χ4n) is 10.2. The number of benzene rings is 5. The molecule has 7 aromatic rings. The summed E-state index contributed by atoms with van der Waals surface area (Å²) < 4.78 is 27.1. The normalized spacial score (nSPS) is 15.1. The lowest BCUT2D eigenvalue weighted by atomic mass is 9.33. The van der Waals surface area contributed by atoms with Gasteiger partial charge in [0.15, 0.2) is 23.0 Å². The number of anilines is 6. The summed E-state index contributed by atoms with van der Waals surface area (Å²) in [5.74, 6) is 3.58. The van der Waals surface area contributed by atoms with E-state index in [-0.39, 0.29) is 37.0 Å². The standard InChI is InChI=1S/C51H51BN2O4S2/c1-25(2)30-19-35-43-36(20-30)54(45-27(4)18-38-47(29(45)6)58-24-56-38)49-42(34-22-32(51(10,11)12)14-16-40(34)60-49)52(43)41-33-21-31(50(7,8)9)13-15-39(33)59-48(41)53(35)44-26(3)17-37-46(28(44)5)57-23-55-37/h13-22,25H,23-24H2,1-12H3. The molecule has 6 nitrogen and oxygen atoms in total. The van der Waals surface area contributed by atoms with E-state index in [0.29, 0.717) is 0 Å². The molecule has 0 fully saturated rings. The number of rotatable bonds is 3. The minimum absolute atomic E-state index is 0.0171. The van der Waals surface area contributed by atoms with Crippen molar-refractivity contribution in [3.8, 4) is 23.0 Å². The fourth-order valence-corrected chi connectivity index (χ4v) is 12.7. The molecule has 2 aromatic heterocycles. The van der Waals surface area contributed by atoms with Gasteiger partial charge in [-0.25, -0.2) is 0 Å². The molecule has 6 heterocycles. The van der Waals surface area contributed by atoms with E-state index >= 15 is 0 Å². The first-order chi connectivity index (χ1) is 28.5. The van der Waals surface area contributed by atoms with E-state index in [2.05, 4.69) is 154 Å². The molecule has 304 valence electrons. The van der Waals surface area contributed by atoms with E-state index in [1.165, 1.54) is 74.6 Å². The van der Waals surface area contributed by atoms with Crippen LogP contribution in [0.1, 0.15) is 100 Å². The Morgan fingerprint density at radius 1 is 0.567 bits per heavy atom. The number of aryl methyl sites for hydroxylation is 2. The Hall–Kier alpha value is -5.12. The maximum atomic E-state index is 6.23. The number of thiophene rings is 2. The molecule has 0 aliphatic carbocycles. The number of fused-ring (bicyclic) bond motifs is 10. The summed E-state index contributed by atoms with van der Waals surface area (Å²) in [6.07, 6.45) is 0. The third-order valence-corrected chi connectivity index (χ3v) is 15.6. The first-order valence-corrected chi connectivity index (χ1v) is 22.9. The Labute approximate surface area is 361 Å². The van der Waals surface area contributed by atoms with Gasteiger partial charge in [-0.05, 0) is 136 Å². The average Bonchev–Trinajstić information content (AvgIpc) is 4.00. The van der Waals surface area contributed by atoms with E-state index < -0.39 is 0 Å². The first kappa shape index (κ1) is 37.9. The van der Waals surface area contributed by atoms with E-state index in [1.54, 1.807) is 0 Å². The summed E-state index contributed by atoms with van der Waals surface area (Å²) in [6.45, 7) is 27.9. The molecule has 60 heavy (non-hydrogen) atoms. The van der Waals surface area contributed by atoms with Gasteiger partial charge in [0.05, 0.1) is 21.4 Å². The van der Waals surface area contributed by atoms with Gasteiger partial charge in [-0.2, -0.15) is 0 Å². The molecule has 5 aromatic carbocycles. The van der Waals surface area contributed by atoms with Crippen LogP contribution in [-0.4, -0.2) is 20.3 Å². The molecule has 0 bridgehead atoms. The van der Waals surface area contributed by atoms with Gasteiger partial charge in [-0.3, -0.25) is 0 Å². The molecule has 0 saturated heterocycles. The van der Waals surface area contributed by atoms with Crippen LogP contribution in [0.3, 0.4) is 0 Å². The topological polar surface area (TPSA) is 43.4 Å². The maximum Gasteiger partial charge on any atom is 0.256 e. The van der Waals surface area contributed by atoms with Crippen LogP contribution in [0, 0.1) is 27.7 Å². The van der Waals surface area contributed by atoms with E-state index in [1.807, 2.05) is 22.7 Å². The predicted molar refractivity (Wildman–Crippen MR) is 254 cm³/mol. The van der Waals surface area contributed by atoms with Crippen molar-refractivity contribution in [3.63, 3.8) is 0 Å². The van der Waals surface area contributed by atoms with Crippen molar-refractivity contribution in [2.75, 3.05) is 23.4 Å². The van der Waals surface area contributed by atoms with Gasteiger partial charge in [0.25, 0.3) is 6.71 Å². The second-order valence-corrected chi connectivity index (χ2v) is 21.7. The third-order valence-electron chi connectivity index (χ3n) is 13.3. The zero-order valence-electron chi connectivity index (χ0n) is 36.7. The van der Waals surface area contributed by atoms with Crippen LogP contribution in [0.15, 0.2) is 60.7 Å². The van der Waals surface area contributed by atoms with Crippen LogP contribution < -0.4 is 45.1 Å². The highest BCUT2D eigenvalue weighted by Gasteiger charge is 2.49. The Morgan fingerprint density at radius 2 is 1.00 bits per heavy atom. The molecule has 4 aliphatic rings. The van der Waals surface area contributed by atoms with Crippen LogP contribution in [0.5, 0.6) is 23.0 Å². The molecular weight excluding hydrogens is 780 g/mol. The summed E-state index contributed by atoms with van der Waals surface area (Å²) in [6, 6.07) is 23.8. The predicted octanol–water partition coefficient (Wildman–Crippen LogP) is 12.6. The molecule has 11 rings (SSSR count). The molecule has 4 aliphatic heterocycles. The van der Waals surface area contributed by atoms with Crippen LogP contribution in [0.25, 0.3) is 20.2 Å². The quantitative estimate of drug-likeness (QED) is 0.165. The summed E-state index contributed by atoms with van der Waals surface area (Å²) in [7, 11) is 0. The fraction of sp³-hybridized carbons (Fsp3) is 0.333. The molecule has 0 radical (unpaired) electrons. The highest BCUT2D eigenvalue weighted by molar-refractivity contribution is 7.29. The molecule has 0 N–H and O–H groups in total. The van der Waals surface area contributed by atoms with Crippen molar-refractivity contribution in [2.45, 2.75) is 99.8 Å². The third kappa shape index (κ3) is 5.24. The molecule has 0 atom stereocenters. The van der Waals surface area contributed by atoms with Crippen molar-refractivity contribution < 1.29 is 18.9 Å². The van der Waals surface area contributed by atoms with Crippen LogP contribution >= 0.6 is 22.7 Å². The summed E-state index contributed by atoms with van der Waals surface area (Å²) in [5, 5.41) is 5.21. The second kappa shape index (κ2) is 12.7. The lowest BCUT2D eigenvalue weighted by Gasteiger charge is -2.44. The van der Waals surface area contributed by atoms with E-state index in [0.717, 1.165) is 56.6 Å². The largest absolute Gasteiger partial charge is 0.454 e. The molecule has 9 heteroatoms. The van der Waals surface area contributed by atoms with Gasteiger partial charge < -0.3 is 28.7 Å².